The maximum Gasteiger partial charge on any atom is 0.218 e. The van der Waals surface area contributed by atoms with Gasteiger partial charge >= 0.3 is 0 Å². The first-order chi connectivity index (χ1) is 7.15. The van der Waals surface area contributed by atoms with Crippen molar-refractivity contribution in [2.24, 2.45) is 5.73 Å². The van der Waals surface area contributed by atoms with E-state index in [9.17, 15) is 0 Å². The molecule has 4 heteroatoms. The Bertz CT molecular complexity index is 302. The molecule has 15 heavy (non-hydrogen) atoms. The van der Waals surface area contributed by atoms with Gasteiger partial charge in [-0.3, -0.25) is 0 Å². The van der Waals surface area contributed by atoms with E-state index in [1.54, 1.807) is 13.3 Å². The fourth-order valence-electron chi connectivity index (χ4n) is 1.31. The van der Waals surface area contributed by atoms with Gasteiger partial charge in [0.05, 0.1) is 6.61 Å². The number of rotatable bonds is 5. The second-order valence-electron chi connectivity index (χ2n) is 3.57. The molecule has 0 spiro atoms. The third kappa shape index (κ3) is 3.49. The molecule has 0 fully saturated rings. The number of aromatic nitrogens is 1. The lowest BCUT2D eigenvalue weighted by Crippen LogP contribution is -2.20. The average Bonchev–Trinajstić information content (AvgIpc) is 2.18. The van der Waals surface area contributed by atoms with E-state index in [2.05, 4.69) is 4.98 Å². The molecule has 1 aromatic rings. The minimum Gasteiger partial charge on any atom is -0.472 e. The Balaban J connectivity index is 2.75. The van der Waals surface area contributed by atoms with Crippen molar-refractivity contribution in [3.8, 4) is 5.88 Å². The first-order valence-electron chi connectivity index (χ1n) is 5.01. The number of hydrogen-bond acceptors (Lipinski definition) is 4. The Morgan fingerprint density at radius 2 is 2.20 bits per heavy atom. The molecule has 2 N–H and O–H groups in total. The SMILES string of the molecule is COCC(C)Oc1ncccc1[C@H](C)N. The van der Waals surface area contributed by atoms with Crippen LogP contribution in [0.15, 0.2) is 18.3 Å². The normalized spacial score (nSPS) is 14.7. The number of pyridine rings is 1. The fourth-order valence-corrected chi connectivity index (χ4v) is 1.31. The summed E-state index contributed by atoms with van der Waals surface area (Å²) in [6.07, 6.45) is 1.67. The Kier molecular flexibility index (Phi) is 4.52. The summed E-state index contributed by atoms with van der Waals surface area (Å²) < 4.78 is 10.6. The largest absolute Gasteiger partial charge is 0.472 e. The van der Waals surface area contributed by atoms with Crippen molar-refractivity contribution in [3.05, 3.63) is 23.9 Å². The number of hydrogen-bond donors (Lipinski definition) is 1. The second kappa shape index (κ2) is 5.68. The predicted octanol–water partition coefficient (Wildman–Crippen LogP) is 1.52. The minimum atomic E-state index is -0.0801. The smallest absolute Gasteiger partial charge is 0.218 e. The molecule has 0 saturated heterocycles. The van der Waals surface area contributed by atoms with Crippen molar-refractivity contribution in [1.29, 1.82) is 0 Å². The maximum absolute atomic E-state index is 5.81. The van der Waals surface area contributed by atoms with E-state index in [0.717, 1.165) is 5.56 Å². The quantitative estimate of drug-likeness (QED) is 0.800. The van der Waals surface area contributed by atoms with Crippen LogP contribution in [0.2, 0.25) is 0 Å². The zero-order chi connectivity index (χ0) is 11.3. The zero-order valence-electron chi connectivity index (χ0n) is 9.43. The standard InChI is InChI=1S/C11H18N2O2/c1-8(7-14-3)15-11-10(9(2)12)5-4-6-13-11/h4-6,8-9H,7,12H2,1-3H3/t8?,9-/m0/s1. The lowest BCUT2D eigenvalue weighted by Gasteiger charge is -2.16. The highest BCUT2D eigenvalue weighted by molar-refractivity contribution is 5.28. The Morgan fingerprint density at radius 3 is 2.80 bits per heavy atom. The molecule has 0 aliphatic rings. The predicted molar refractivity (Wildman–Crippen MR) is 58.8 cm³/mol. The van der Waals surface area contributed by atoms with Crippen LogP contribution < -0.4 is 10.5 Å². The van der Waals surface area contributed by atoms with Crippen LogP contribution in [0.5, 0.6) is 5.88 Å². The van der Waals surface area contributed by atoms with E-state index in [1.165, 1.54) is 0 Å². The summed E-state index contributed by atoms with van der Waals surface area (Å²) in [5.41, 5.74) is 6.73. The number of nitrogens with zero attached hydrogens (tertiary/aromatic N) is 1. The lowest BCUT2D eigenvalue weighted by molar-refractivity contribution is 0.0880. The van der Waals surface area contributed by atoms with Crippen LogP contribution in [-0.2, 0) is 4.74 Å². The topological polar surface area (TPSA) is 57.4 Å². The highest BCUT2D eigenvalue weighted by Gasteiger charge is 2.11. The van der Waals surface area contributed by atoms with Crippen LogP contribution in [0.25, 0.3) is 0 Å². The molecule has 2 atom stereocenters. The van der Waals surface area contributed by atoms with Gasteiger partial charge in [-0.2, -0.15) is 0 Å². The van der Waals surface area contributed by atoms with Crippen LogP contribution in [0.1, 0.15) is 25.5 Å². The van der Waals surface area contributed by atoms with E-state index < -0.39 is 0 Å². The minimum absolute atomic E-state index is 0.0256. The van der Waals surface area contributed by atoms with E-state index >= 15 is 0 Å². The molecule has 0 aliphatic carbocycles. The molecule has 0 aromatic carbocycles. The van der Waals surface area contributed by atoms with Crippen molar-refractivity contribution in [2.45, 2.75) is 26.0 Å². The van der Waals surface area contributed by atoms with Gasteiger partial charge in [-0.15, -0.1) is 0 Å². The summed E-state index contributed by atoms with van der Waals surface area (Å²) >= 11 is 0. The van der Waals surface area contributed by atoms with Gasteiger partial charge in [-0.25, -0.2) is 4.98 Å². The lowest BCUT2D eigenvalue weighted by atomic mass is 10.1. The summed E-state index contributed by atoms with van der Waals surface area (Å²) in [4.78, 5) is 4.16. The van der Waals surface area contributed by atoms with Gasteiger partial charge in [0.25, 0.3) is 0 Å². The highest BCUT2D eigenvalue weighted by atomic mass is 16.5. The van der Waals surface area contributed by atoms with Crippen molar-refractivity contribution in [2.75, 3.05) is 13.7 Å². The maximum atomic E-state index is 5.81. The fraction of sp³-hybridized carbons (Fsp3) is 0.545. The first-order valence-corrected chi connectivity index (χ1v) is 5.01. The molecule has 1 rings (SSSR count). The Hall–Kier alpha value is -1.13. The van der Waals surface area contributed by atoms with Crippen molar-refractivity contribution in [1.82, 2.24) is 4.98 Å². The third-order valence-corrected chi connectivity index (χ3v) is 2.01. The molecule has 1 heterocycles. The Labute approximate surface area is 90.4 Å². The van der Waals surface area contributed by atoms with Gasteiger partial charge in [0.1, 0.15) is 6.10 Å². The summed E-state index contributed by atoms with van der Waals surface area (Å²) in [5.74, 6) is 0.594. The average molecular weight is 210 g/mol. The van der Waals surface area contributed by atoms with Crippen LogP contribution in [0.3, 0.4) is 0 Å². The van der Waals surface area contributed by atoms with E-state index in [-0.39, 0.29) is 12.1 Å². The van der Waals surface area contributed by atoms with Crippen LogP contribution in [-0.4, -0.2) is 24.8 Å². The monoisotopic (exact) mass is 210 g/mol. The molecule has 84 valence electrons. The second-order valence-corrected chi connectivity index (χ2v) is 3.57. The van der Waals surface area contributed by atoms with Gasteiger partial charge in [0.2, 0.25) is 5.88 Å². The third-order valence-electron chi connectivity index (χ3n) is 2.01. The van der Waals surface area contributed by atoms with E-state index in [0.29, 0.717) is 12.5 Å². The van der Waals surface area contributed by atoms with Crippen molar-refractivity contribution < 1.29 is 9.47 Å². The molecule has 1 aromatic heterocycles. The van der Waals surface area contributed by atoms with Gasteiger partial charge in [-0.1, -0.05) is 6.07 Å². The van der Waals surface area contributed by atoms with Gasteiger partial charge < -0.3 is 15.2 Å². The van der Waals surface area contributed by atoms with Crippen LogP contribution in [0.4, 0.5) is 0 Å². The van der Waals surface area contributed by atoms with E-state index in [4.69, 9.17) is 15.2 Å². The molecule has 0 aliphatic heterocycles. The number of ether oxygens (including phenoxy) is 2. The van der Waals surface area contributed by atoms with E-state index in [1.807, 2.05) is 26.0 Å². The Morgan fingerprint density at radius 1 is 1.47 bits per heavy atom. The summed E-state index contributed by atoms with van der Waals surface area (Å²) in [6.45, 7) is 4.38. The molecule has 0 amide bonds. The zero-order valence-corrected chi connectivity index (χ0v) is 9.43. The van der Waals surface area contributed by atoms with Gasteiger partial charge in [0.15, 0.2) is 0 Å². The van der Waals surface area contributed by atoms with Crippen LogP contribution >= 0.6 is 0 Å². The molecule has 0 bridgehead atoms. The highest BCUT2D eigenvalue weighted by Crippen LogP contribution is 2.21. The van der Waals surface area contributed by atoms with Gasteiger partial charge in [0, 0.05) is 24.9 Å². The molecular weight excluding hydrogens is 192 g/mol. The summed E-state index contributed by atoms with van der Waals surface area (Å²) in [7, 11) is 1.64. The number of nitrogens with two attached hydrogens (primary N) is 1. The van der Waals surface area contributed by atoms with Crippen molar-refractivity contribution >= 4 is 0 Å². The van der Waals surface area contributed by atoms with Crippen molar-refractivity contribution in [3.63, 3.8) is 0 Å². The molecular formula is C11H18N2O2. The molecule has 0 saturated carbocycles. The molecule has 1 unspecified atom stereocenters. The molecule has 0 radical (unpaired) electrons. The number of methoxy groups -OCH3 is 1. The summed E-state index contributed by atoms with van der Waals surface area (Å²) in [5, 5.41) is 0. The first kappa shape index (κ1) is 11.9. The summed E-state index contributed by atoms with van der Waals surface area (Å²) in [6, 6.07) is 3.70. The van der Waals surface area contributed by atoms with Crippen LogP contribution in [0, 0.1) is 0 Å². The van der Waals surface area contributed by atoms with Gasteiger partial charge in [-0.05, 0) is 19.9 Å². The molecule has 4 nitrogen and oxygen atoms in total.